The molecule has 1 unspecified atom stereocenters. The van der Waals surface area contributed by atoms with Crippen molar-refractivity contribution in [3.05, 3.63) is 0 Å². The molecular formula is C12H24N2O2. The summed E-state index contributed by atoms with van der Waals surface area (Å²) in [4.78, 5) is 13.8. The van der Waals surface area contributed by atoms with E-state index in [1.807, 2.05) is 18.7 Å². The summed E-state index contributed by atoms with van der Waals surface area (Å²) in [5.74, 6) is 0.177. The van der Waals surface area contributed by atoms with Crippen LogP contribution in [0, 0.1) is 0 Å². The van der Waals surface area contributed by atoms with Crippen LogP contribution in [0.1, 0.15) is 33.6 Å². The number of methoxy groups -OCH3 is 1. The monoisotopic (exact) mass is 228 g/mol. The van der Waals surface area contributed by atoms with Crippen molar-refractivity contribution in [2.24, 2.45) is 0 Å². The second-order valence-electron chi connectivity index (χ2n) is 5.11. The zero-order chi connectivity index (χ0) is 12.2. The van der Waals surface area contributed by atoms with Crippen molar-refractivity contribution in [1.82, 2.24) is 10.2 Å². The first kappa shape index (κ1) is 13.5. The molecule has 1 amide bonds. The largest absolute Gasteiger partial charge is 0.377 e. The molecule has 0 radical (unpaired) electrons. The molecule has 0 bridgehead atoms. The Hall–Kier alpha value is -0.610. The van der Waals surface area contributed by atoms with Gasteiger partial charge in [0, 0.05) is 26.2 Å². The average Bonchev–Trinajstić information content (AvgIpc) is 2.26. The van der Waals surface area contributed by atoms with Crippen molar-refractivity contribution in [3.8, 4) is 0 Å². The quantitative estimate of drug-likeness (QED) is 0.781. The number of carbonyl (C=O) groups is 1. The molecule has 1 rings (SSSR count). The molecule has 4 nitrogen and oxygen atoms in total. The maximum Gasteiger partial charge on any atom is 0.236 e. The standard InChI is InChI=1S/C12H24N2O2/c1-10(2)13-8-11(15)14-7-5-6-12(3,9-14)16-4/h10,13H,5-9H2,1-4H3. The summed E-state index contributed by atoms with van der Waals surface area (Å²) in [6.45, 7) is 8.16. The first-order chi connectivity index (χ1) is 7.47. The van der Waals surface area contributed by atoms with Gasteiger partial charge in [-0.25, -0.2) is 0 Å². The van der Waals surface area contributed by atoms with Crippen molar-refractivity contribution in [2.45, 2.75) is 45.3 Å². The number of amides is 1. The number of ether oxygens (including phenoxy) is 1. The molecule has 0 aliphatic carbocycles. The van der Waals surface area contributed by atoms with Crippen molar-refractivity contribution in [1.29, 1.82) is 0 Å². The minimum atomic E-state index is -0.161. The average molecular weight is 228 g/mol. The zero-order valence-corrected chi connectivity index (χ0v) is 10.9. The summed E-state index contributed by atoms with van der Waals surface area (Å²) < 4.78 is 5.47. The van der Waals surface area contributed by atoms with E-state index in [-0.39, 0.29) is 11.5 Å². The highest BCUT2D eigenvalue weighted by Gasteiger charge is 2.32. The van der Waals surface area contributed by atoms with Gasteiger partial charge in [0.2, 0.25) is 5.91 Å². The first-order valence-electron chi connectivity index (χ1n) is 6.03. The Balaban J connectivity index is 2.44. The van der Waals surface area contributed by atoms with Gasteiger partial charge in [0.05, 0.1) is 12.1 Å². The van der Waals surface area contributed by atoms with Crippen LogP contribution in [0.25, 0.3) is 0 Å². The molecule has 1 saturated heterocycles. The summed E-state index contributed by atoms with van der Waals surface area (Å²) in [5, 5.41) is 3.16. The third kappa shape index (κ3) is 3.76. The van der Waals surface area contributed by atoms with Crippen LogP contribution in [0.5, 0.6) is 0 Å². The Kier molecular flexibility index (Phi) is 4.74. The van der Waals surface area contributed by atoms with Crippen LogP contribution in [0.4, 0.5) is 0 Å². The van der Waals surface area contributed by atoms with Gasteiger partial charge in [0.1, 0.15) is 0 Å². The van der Waals surface area contributed by atoms with Crippen LogP contribution in [-0.2, 0) is 9.53 Å². The van der Waals surface area contributed by atoms with Gasteiger partial charge in [-0.1, -0.05) is 13.8 Å². The Morgan fingerprint density at radius 2 is 2.25 bits per heavy atom. The number of likely N-dealkylation sites (tertiary alicyclic amines) is 1. The van der Waals surface area contributed by atoms with E-state index in [1.54, 1.807) is 7.11 Å². The van der Waals surface area contributed by atoms with Crippen LogP contribution >= 0.6 is 0 Å². The molecule has 1 aliphatic rings. The molecule has 1 N–H and O–H groups in total. The van der Waals surface area contributed by atoms with Crippen molar-refractivity contribution >= 4 is 5.91 Å². The van der Waals surface area contributed by atoms with E-state index in [0.29, 0.717) is 19.1 Å². The van der Waals surface area contributed by atoms with Crippen LogP contribution in [-0.4, -0.2) is 49.2 Å². The molecular weight excluding hydrogens is 204 g/mol. The van der Waals surface area contributed by atoms with Gasteiger partial charge in [0.25, 0.3) is 0 Å². The van der Waals surface area contributed by atoms with E-state index in [2.05, 4.69) is 12.2 Å². The summed E-state index contributed by atoms with van der Waals surface area (Å²) in [5.41, 5.74) is -0.161. The van der Waals surface area contributed by atoms with E-state index in [1.165, 1.54) is 0 Å². The van der Waals surface area contributed by atoms with Crippen molar-refractivity contribution < 1.29 is 9.53 Å². The molecule has 16 heavy (non-hydrogen) atoms. The fourth-order valence-electron chi connectivity index (χ4n) is 1.99. The highest BCUT2D eigenvalue weighted by molar-refractivity contribution is 5.78. The van der Waals surface area contributed by atoms with E-state index in [9.17, 15) is 4.79 Å². The lowest BCUT2D eigenvalue weighted by atomic mass is 9.95. The number of carbonyl (C=O) groups excluding carboxylic acids is 1. The lowest BCUT2D eigenvalue weighted by Gasteiger charge is -2.39. The summed E-state index contributed by atoms with van der Waals surface area (Å²) in [6, 6.07) is 0.350. The second-order valence-corrected chi connectivity index (χ2v) is 5.11. The fraction of sp³-hybridized carbons (Fsp3) is 0.917. The molecule has 1 heterocycles. The maximum atomic E-state index is 11.9. The third-order valence-corrected chi connectivity index (χ3v) is 3.17. The summed E-state index contributed by atoms with van der Waals surface area (Å²) in [7, 11) is 1.72. The van der Waals surface area contributed by atoms with Gasteiger partial charge < -0.3 is 15.0 Å². The van der Waals surface area contributed by atoms with Crippen LogP contribution in [0.15, 0.2) is 0 Å². The van der Waals surface area contributed by atoms with Crippen LogP contribution in [0.3, 0.4) is 0 Å². The normalized spacial score (nSPS) is 26.2. The zero-order valence-electron chi connectivity index (χ0n) is 10.9. The molecule has 1 fully saturated rings. The number of hydrogen-bond donors (Lipinski definition) is 1. The molecule has 0 aromatic rings. The molecule has 0 aromatic carbocycles. The van der Waals surface area contributed by atoms with E-state index < -0.39 is 0 Å². The van der Waals surface area contributed by atoms with Crippen molar-refractivity contribution in [3.63, 3.8) is 0 Å². The van der Waals surface area contributed by atoms with Gasteiger partial charge in [-0.3, -0.25) is 4.79 Å². The Labute approximate surface area is 98.3 Å². The van der Waals surface area contributed by atoms with E-state index in [4.69, 9.17) is 4.74 Å². The number of rotatable bonds is 4. The molecule has 1 atom stereocenters. The minimum absolute atomic E-state index is 0.161. The first-order valence-corrected chi connectivity index (χ1v) is 6.03. The predicted octanol–water partition coefficient (Wildman–Crippen LogP) is 1.01. The molecule has 1 aliphatic heterocycles. The smallest absolute Gasteiger partial charge is 0.236 e. The third-order valence-electron chi connectivity index (χ3n) is 3.17. The summed E-state index contributed by atoms with van der Waals surface area (Å²) in [6.07, 6.45) is 2.06. The molecule has 0 spiro atoms. The summed E-state index contributed by atoms with van der Waals surface area (Å²) >= 11 is 0. The van der Waals surface area contributed by atoms with Gasteiger partial charge in [-0.15, -0.1) is 0 Å². The number of hydrogen-bond acceptors (Lipinski definition) is 3. The Bertz CT molecular complexity index is 243. The SMILES string of the molecule is COC1(C)CCCN(C(=O)CNC(C)C)C1. The maximum absolute atomic E-state index is 11.9. The van der Waals surface area contributed by atoms with Crippen LogP contribution in [0.2, 0.25) is 0 Å². The van der Waals surface area contributed by atoms with E-state index >= 15 is 0 Å². The Morgan fingerprint density at radius 1 is 1.56 bits per heavy atom. The van der Waals surface area contributed by atoms with Gasteiger partial charge in [0.15, 0.2) is 0 Å². The number of piperidine rings is 1. The fourth-order valence-corrected chi connectivity index (χ4v) is 1.99. The van der Waals surface area contributed by atoms with Gasteiger partial charge >= 0.3 is 0 Å². The van der Waals surface area contributed by atoms with Crippen molar-refractivity contribution in [2.75, 3.05) is 26.7 Å². The molecule has 94 valence electrons. The topological polar surface area (TPSA) is 41.6 Å². The molecule has 0 saturated carbocycles. The van der Waals surface area contributed by atoms with E-state index in [0.717, 1.165) is 19.4 Å². The van der Waals surface area contributed by atoms with Crippen LogP contribution < -0.4 is 5.32 Å². The lowest BCUT2D eigenvalue weighted by molar-refractivity contribution is -0.138. The Morgan fingerprint density at radius 3 is 2.81 bits per heavy atom. The lowest BCUT2D eigenvalue weighted by Crippen LogP contribution is -2.52. The minimum Gasteiger partial charge on any atom is -0.377 e. The van der Waals surface area contributed by atoms with Gasteiger partial charge in [-0.2, -0.15) is 0 Å². The number of nitrogens with one attached hydrogen (secondary N) is 1. The molecule has 0 aromatic heterocycles. The predicted molar refractivity (Wildman–Crippen MR) is 64.4 cm³/mol. The highest BCUT2D eigenvalue weighted by Crippen LogP contribution is 2.23. The highest BCUT2D eigenvalue weighted by atomic mass is 16.5. The number of nitrogens with zero attached hydrogens (tertiary/aromatic N) is 1. The molecule has 4 heteroatoms. The second kappa shape index (κ2) is 5.64. The van der Waals surface area contributed by atoms with Gasteiger partial charge in [-0.05, 0) is 19.8 Å².